The number of hydrogen-bond donors (Lipinski definition) is 0. The molecule has 0 N–H and O–H groups in total. The van der Waals surface area contributed by atoms with Crippen LogP contribution in [0.2, 0.25) is 0 Å². The fourth-order valence-electron chi connectivity index (χ4n) is 1.28. The van der Waals surface area contributed by atoms with Crippen molar-refractivity contribution in [3.05, 3.63) is 6.61 Å². The Bertz CT molecular complexity index is 72.5. The Hall–Kier alpha value is -0.0800. The molecular weight excluding hydrogens is 104 g/mol. The van der Waals surface area contributed by atoms with Gasteiger partial charge < -0.3 is 9.47 Å². The van der Waals surface area contributed by atoms with E-state index < -0.39 is 0 Å². The minimum absolute atomic E-state index is 0.398. The van der Waals surface area contributed by atoms with Crippen molar-refractivity contribution in [3.8, 4) is 0 Å². The van der Waals surface area contributed by atoms with Crippen LogP contribution < -0.4 is 0 Å². The molecular formula is C6H9O2. The van der Waals surface area contributed by atoms with Crippen molar-refractivity contribution in [1.29, 1.82) is 0 Å². The second-order valence-electron chi connectivity index (χ2n) is 2.27. The summed E-state index contributed by atoms with van der Waals surface area (Å²) in [5, 5.41) is 0. The molecule has 2 heterocycles. The maximum Gasteiger partial charge on any atom is 0.0868 e. The van der Waals surface area contributed by atoms with Gasteiger partial charge in [0.1, 0.15) is 0 Å². The highest BCUT2D eigenvalue weighted by Crippen LogP contribution is 2.27. The summed E-state index contributed by atoms with van der Waals surface area (Å²) in [5.74, 6) is 0. The summed E-state index contributed by atoms with van der Waals surface area (Å²) in [6, 6.07) is 0. The third-order valence-electron chi connectivity index (χ3n) is 1.75. The fraction of sp³-hybridized carbons (Fsp3) is 0.833. The normalized spacial score (nSPS) is 45.0. The smallest absolute Gasteiger partial charge is 0.0868 e. The van der Waals surface area contributed by atoms with Gasteiger partial charge in [-0.15, -0.1) is 0 Å². The van der Waals surface area contributed by atoms with Crippen molar-refractivity contribution < 1.29 is 9.47 Å². The lowest BCUT2D eigenvalue weighted by Gasteiger charge is -2.02. The first kappa shape index (κ1) is 4.77. The lowest BCUT2D eigenvalue weighted by molar-refractivity contribution is 0.0817. The molecule has 2 nitrogen and oxygen atoms in total. The second kappa shape index (κ2) is 1.71. The third-order valence-corrected chi connectivity index (χ3v) is 1.75. The van der Waals surface area contributed by atoms with Crippen LogP contribution in [0, 0.1) is 6.61 Å². The van der Waals surface area contributed by atoms with Gasteiger partial charge in [0, 0.05) is 13.0 Å². The summed E-state index contributed by atoms with van der Waals surface area (Å²) < 4.78 is 10.5. The van der Waals surface area contributed by atoms with Gasteiger partial charge in [-0.3, -0.25) is 0 Å². The van der Waals surface area contributed by atoms with Crippen LogP contribution in [0.1, 0.15) is 12.8 Å². The molecule has 2 aliphatic rings. The Labute approximate surface area is 48.8 Å². The van der Waals surface area contributed by atoms with Gasteiger partial charge in [-0.2, -0.15) is 0 Å². The Kier molecular flexibility index (Phi) is 1.02. The lowest BCUT2D eigenvalue weighted by atomic mass is 10.2. The first-order valence-electron chi connectivity index (χ1n) is 3.05. The average Bonchev–Trinajstić information content (AvgIpc) is 2.15. The van der Waals surface area contributed by atoms with E-state index in [2.05, 4.69) is 0 Å². The van der Waals surface area contributed by atoms with Gasteiger partial charge in [-0.1, -0.05) is 0 Å². The molecule has 2 atom stereocenters. The third kappa shape index (κ3) is 0.565. The predicted octanol–water partition coefficient (Wildman–Crippen LogP) is 0.726. The molecule has 1 radical (unpaired) electrons. The van der Waals surface area contributed by atoms with Gasteiger partial charge in [0.05, 0.1) is 18.8 Å². The van der Waals surface area contributed by atoms with Gasteiger partial charge in [0.2, 0.25) is 0 Å². The van der Waals surface area contributed by atoms with Crippen LogP contribution >= 0.6 is 0 Å². The number of hydrogen-bond acceptors (Lipinski definition) is 2. The topological polar surface area (TPSA) is 18.5 Å². The van der Waals surface area contributed by atoms with Crippen molar-refractivity contribution >= 4 is 0 Å². The maximum atomic E-state index is 5.32. The van der Waals surface area contributed by atoms with Gasteiger partial charge in [-0.05, 0) is 6.42 Å². The van der Waals surface area contributed by atoms with Gasteiger partial charge in [0.15, 0.2) is 0 Å². The lowest BCUT2D eigenvalue weighted by Crippen LogP contribution is -2.13. The molecule has 8 heavy (non-hydrogen) atoms. The molecule has 2 heteroatoms. The highest BCUT2D eigenvalue weighted by molar-refractivity contribution is 4.86. The number of rotatable bonds is 0. The summed E-state index contributed by atoms with van der Waals surface area (Å²) in [7, 11) is 0. The van der Waals surface area contributed by atoms with Crippen LogP contribution in [0.3, 0.4) is 0 Å². The molecule has 0 aromatic heterocycles. The summed E-state index contributed by atoms with van der Waals surface area (Å²) >= 11 is 0. The van der Waals surface area contributed by atoms with Crippen molar-refractivity contribution in [2.24, 2.45) is 0 Å². The number of ether oxygens (including phenoxy) is 2. The molecule has 2 aliphatic heterocycles. The van der Waals surface area contributed by atoms with E-state index in [0.29, 0.717) is 12.2 Å². The summed E-state index contributed by atoms with van der Waals surface area (Å²) in [6.45, 7) is 2.75. The summed E-state index contributed by atoms with van der Waals surface area (Å²) in [6.07, 6.45) is 2.87. The van der Waals surface area contributed by atoms with E-state index >= 15 is 0 Å². The quantitative estimate of drug-likeness (QED) is 0.461. The van der Waals surface area contributed by atoms with E-state index in [0.717, 1.165) is 19.4 Å². The minimum atomic E-state index is 0.398. The molecule has 2 saturated heterocycles. The SMILES string of the molecule is [CH]1CC2OCCC2O1. The fourth-order valence-corrected chi connectivity index (χ4v) is 1.28. The molecule has 0 spiro atoms. The molecule has 0 amide bonds. The van der Waals surface area contributed by atoms with E-state index in [1.165, 1.54) is 0 Å². The molecule has 0 saturated carbocycles. The van der Waals surface area contributed by atoms with Crippen LogP contribution in [0.15, 0.2) is 0 Å². The zero-order chi connectivity index (χ0) is 5.40. The second-order valence-corrected chi connectivity index (χ2v) is 2.27. The highest BCUT2D eigenvalue weighted by Gasteiger charge is 2.33. The molecule has 2 fully saturated rings. The van der Waals surface area contributed by atoms with Gasteiger partial charge in [0.25, 0.3) is 0 Å². The molecule has 45 valence electrons. The summed E-state index contributed by atoms with van der Waals surface area (Å²) in [4.78, 5) is 0. The van der Waals surface area contributed by atoms with Crippen LogP contribution in [0.5, 0.6) is 0 Å². The van der Waals surface area contributed by atoms with Crippen LogP contribution in [-0.4, -0.2) is 18.8 Å². The van der Waals surface area contributed by atoms with E-state index in [1.54, 1.807) is 0 Å². The Morgan fingerprint density at radius 3 is 3.25 bits per heavy atom. The van der Waals surface area contributed by atoms with Crippen molar-refractivity contribution in [2.75, 3.05) is 6.61 Å². The largest absolute Gasteiger partial charge is 0.375 e. The minimum Gasteiger partial charge on any atom is -0.375 e. The number of fused-ring (bicyclic) bond motifs is 1. The molecule has 0 aromatic rings. The van der Waals surface area contributed by atoms with Crippen molar-refractivity contribution in [2.45, 2.75) is 25.0 Å². The first-order valence-corrected chi connectivity index (χ1v) is 3.05. The Morgan fingerprint density at radius 2 is 2.38 bits per heavy atom. The standard InChI is InChI=1S/C6H9O2/c1-3-7-6-2-4-8-5(1)6/h3,5-6H,1-2,4H2. The van der Waals surface area contributed by atoms with E-state index in [-0.39, 0.29) is 0 Å². The molecule has 0 aromatic carbocycles. The van der Waals surface area contributed by atoms with E-state index in [1.807, 2.05) is 6.61 Å². The van der Waals surface area contributed by atoms with Crippen LogP contribution in [0.4, 0.5) is 0 Å². The van der Waals surface area contributed by atoms with Crippen molar-refractivity contribution in [3.63, 3.8) is 0 Å². The highest BCUT2D eigenvalue weighted by atomic mass is 16.6. The average molecular weight is 113 g/mol. The zero-order valence-electron chi connectivity index (χ0n) is 4.67. The van der Waals surface area contributed by atoms with Crippen LogP contribution in [0.25, 0.3) is 0 Å². The first-order chi connectivity index (χ1) is 3.97. The van der Waals surface area contributed by atoms with Gasteiger partial charge >= 0.3 is 0 Å². The molecule has 0 aliphatic carbocycles. The maximum absolute atomic E-state index is 5.32. The molecule has 0 bridgehead atoms. The molecule has 2 rings (SSSR count). The van der Waals surface area contributed by atoms with Crippen molar-refractivity contribution in [1.82, 2.24) is 0 Å². The van der Waals surface area contributed by atoms with E-state index in [9.17, 15) is 0 Å². The van der Waals surface area contributed by atoms with Crippen LogP contribution in [-0.2, 0) is 9.47 Å². The molecule has 2 unspecified atom stereocenters. The Balaban J connectivity index is 2.04. The Morgan fingerprint density at radius 1 is 1.38 bits per heavy atom. The zero-order valence-corrected chi connectivity index (χ0v) is 4.67. The van der Waals surface area contributed by atoms with E-state index in [4.69, 9.17) is 9.47 Å². The monoisotopic (exact) mass is 113 g/mol. The predicted molar refractivity (Wildman–Crippen MR) is 28.1 cm³/mol. The van der Waals surface area contributed by atoms with Gasteiger partial charge in [-0.25, -0.2) is 0 Å². The summed E-state index contributed by atoms with van der Waals surface area (Å²) in [5.41, 5.74) is 0.